The summed E-state index contributed by atoms with van der Waals surface area (Å²) < 4.78 is 5.11. The van der Waals surface area contributed by atoms with Crippen molar-refractivity contribution in [3.8, 4) is 5.75 Å². The smallest absolute Gasteiger partial charge is 0.164 e. The van der Waals surface area contributed by atoms with E-state index in [1.165, 1.54) is 0 Å². The van der Waals surface area contributed by atoms with Crippen LogP contribution >= 0.6 is 0 Å². The monoisotopic (exact) mass is 235 g/mol. The number of rotatable bonds is 5. The molecule has 1 atom stereocenters. The van der Waals surface area contributed by atoms with Crippen molar-refractivity contribution in [3.63, 3.8) is 0 Å². The van der Waals surface area contributed by atoms with E-state index < -0.39 is 0 Å². The predicted octanol–water partition coefficient (Wildman–Crippen LogP) is 2.56. The minimum atomic E-state index is -0.0796. The number of ether oxygens (including phenoxy) is 1. The van der Waals surface area contributed by atoms with Crippen LogP contribution in [0.2, 0.25) is 0 Å². The molecule has 1 aromatic rings. The van der Waals surface area contributed by atoms with Crippen LogP contribution in [0.3, 0.4) is 0 Å². The van der Waals surface area contributed by atoms with Crippen LogP contribution in [-0.4, -0.2) is 18.9 Å². The van der Waals surface area contributed by atoms with Gasteiger partial charge in [-0.25, -0.2) is 0 Å². The highest BCUT2D eigenvalue weighted by atomic mass is 16.5. The molecule has 1 aromatic carbocycles. The van der Waals surface area contributed by atoms with E-state index in [0.717, 1.165) is 16.9 Å². The molecule has 3 heteroatoms. The molecule has 3 nitrogen and oxygen atoms in total. The minimum Gasteiger partial charge on any atom is -0.497 e. The van der Waals surface area contributed by atoms with Gasteiger partial charge in [-0.05, 0) is 36.6 Å². The normalized spacial score (nSPS) is 12.6. The van der Waals surface area contributed by atoms with Gasteiger partial charge in [0.2, 0.25) is 0 Å². The van der Waals surface area contributed by atoms with Gasteiger partial charge in [0.25, 0.3) is 0 Å². The van der Waals surface area contributed by atoms with Crippen molar-refractivity contribution in [2.75, 3.05) is 7.11 Å². The highest BCUT2D eigenvalue weighted by Gasteiger charge is 2.16. The molecule has 0 aliphatic carbocycles. The van der Waals surface area contributed by atoms with E-state index in [1.54, 1.807) is 13.2 Å². The third-order valence-electron chi connectivity index (χ3n) is 3.01. The number of hydrogen-bond acceptors (Lipinski definition) is 3. The molecular formula is C14H21NO2. The fourth-order valence-corrected chi connectivity index (χ4v) is 1.64. The quantitative estimate of drug-likeness (QED) is 0.798. The molecule has 0 aromatic heterocycles. The Morgan fingerprint density at radius 2 is 2.06 bits per heavy atom. The lowest BCUT2D eigenvalue weighted by molar-refractivity contribution is 0.0967. The second-order valence-electron chi connectivity index (χ2n) is 4.72. The molecule has 0 aliphatic heterocycles. The largest absolute Gasteiger partial charge is 0.497 e. The fourth-order valence-electron chi connectivity index (χ4n) is 1.64. The van der Waals surface area contributed by atoms with Gasteiger partial charge in [-0.3, -0.25) is 4.79 Å². The zero-order chi connectivity index (χ0) is 13.0. The number of carbonyl (C=O) groups excluding carboxylic acids is 1. The van der Waals surface area contributed by atoms with E-state index in [0.29, 0.717) is 12.3 Å². The summed E-state index contributed by atoms with van der Waals surface area (Å²) in [4.78, 5) is 12.1. The van der Waals surface area contributed by atoms with Gasteiger partial charge in [-0.15, -0.1) is 0 Å². The second-order valence-corrected chi connectivity index (χ2v) is 4.72. The number of nitrogens with two attached hydrogens (primary N) is 1. The lowest BCUT2D eigenvalue weighted by Gasteiger charge is -2.15. The molecule has 0 saturated carbocycles. The van der Waals surface area contributed by atoms with Gasteiger partial charge in [-0.1, -0.05) is 13.8 Å². The Bertz CT molecular complexity index is 399. The number of Topliss-reactive ketones (excluding diaryl/α,β-unsaturated/α-hetero) is 1. The first-order chi connectivity index (χ1) is 7.95. The SMILES string of the molecule is COc1ccc(C(=O)CC(N)C(C)C)c(C)c1. The van der Waals surface area contributed by atoms with Crippen LogP contribution in [0.4, 0.5) is 0 Å². The summed E-state index contributed by atoms with van der Waals surface area (Å²) in [5.41, 5.74) is 7.59. The summed E-state index contributed by atoms with van der Waals surface area (Å²) in [6, 6.07) is 5.41. The Morgan fingerprint density at radius 3 is 2.53 bits per heavy atom. The maximum Gasteiger partial charge on any atom is 0.164 e. The third kappa shape index (κ3) is 3.56. The molecule has 0 bridgehead atoms. The highest BCUT2D eigenvalue weighted by Crippen LogP contribution is 2.19. The molecule has 0 radical (unpaired) electrons. The van der Waals surface area contributed by atoms with Crippen molar-refractivity contribution in [3.05, 3.63) is 29.3 Å². The van der Waals surface area contributed by atoms with Gasteiger partial charge in [0.05, 0.1) is 7.11 Å². The molecule has 17 heavy (non-hydrogen) atoms. The zero-order valence-electron chi connectivity index (χ0n) is 11.0. The zero-order valence-corrected chi connectivity index (χ0v) is 11.0. The van der Waals surface area contributed by atoms with Crippen LogP contribution in [-0.2, 0) is 0 Å². The highest BCUT2D eigenvalue weighted by molar-refractivity contribution is 5.97. The molecule has 0 saturated heterocycles. The summed E-state index contributed by atoms with van der Waals surface area (Å²) in [5, 5.41) is 0. The Morgan fingerprint density at radius 1 is 1.41 bits per heavy atom. The maximum atomic E-state index is 12.1. The third-order valence-corrected chi connectivity index (χ3v) is 3.01. The first kappa shape index (κ1) is 13.7. The maximum absolute atomic E-state index is 12.1. The average Bonchev–Trinajstić information content (AvgIpc) is 2.28. The molecule has 1 unspecified atom stereocenters. The van der Waals surface area contributed by atoms with Crippen molar-refractivity contribution in [2.24, 2.45) is 11.7 Å². The first-order valence-electron chi connectivity index (χ1n) is 5.89. The van der Waals surface area contributed by atoms with Gasteiger partial charge < -0.3 is 10.5 Å². The molecule has 2 N–H and O–H groups in total. The number of methoxy groups -OCH3 is 1. The summed E-state index contributed by atoms with van der Waals surface area (Å²) >= 11 is 0. The summed E-state index contributed by atoms with van der Waals surface area (Å²) in [5.74, 6) is 1.19. The Labute approximate surface area is 103 Å². The molecule has 0 spiro atoms. The standard InChI is InChI=1S/C14H21NO2/c1-9(2)13(15)8-14(16)12-6-5-11(17-4)7-10(12)3/h5-7,9,13H,8,15H2,1-4H3. The van der Waals surface area contributed by atoms with E-state index in [2.05, 4.69) is 0 Å². The summed E-state index contributed by atoms with van der Waals surface area (Å²) in [7, 11) is 1.62. The van der Waals surface area contributed by atoms with Crippen molar-refractivity contribution in [1.29, 1.82) is 0 Å². The Hall–Kier alpha value is -1.35. The molecule has 0 heterocycles. The lowest BCUT2D eigenvalue weighted by Crippen LogP contribution is -2.29. The van der Waals surface area contributed by atoms with E-state index in [4.69, 9.17) is 10.5 Å². The predicted molar refractivity (Wildman–Crippen MR) is 69.5 cm³/mol. The Balaban J connectivity index is 2.82. The van der Waals surface area contributed by atoms with E-state index in [9.17, 15) is 4.79 Å². The van der Waals surface area contributed by atoms with E-state index in [1.807, 2.05) is 32.9 Å². The van der Waals surface area contributed by atoms with Crippen LogP contribution in [0.25, 0.3) is 0 Å². The van der Waals surface area contributed by atoms with Crippen molar-refractivity contribution in [2.45, 2.75) is 33.2 Å². The number of benzene rings is 1. The van der Waals surface area contributed by atoms with Crippen LogP contribution in [0.15, 0.2) is 18.2 Å². The van der Waals surface area contributed by atoms with Crippen LogP contribution in [0.5, 0.6) is 5.75 Å². The first-order valence-corrected chi connectivity index (χ1v) is 5.89. The van der Waals surface area contributed by atoms with E-state index in [-0.39, 0.29) is 11.8 Å². The van der Waals surface area contributed by atoms with Crippen molar-refractivity contribution < 1.29 is 9.53 Å². The lowest BCUT2D eigenvalue weighted by atomic mass is 9.94. The molecule has 1 rings (SSSR count). The fraction of sp³-hybridized carbons (Fsp3) is 0.500. The van der Waals surface area contributed by atoms with Crippen molar-refractivity contribution >= 4 is 5.78 Å². The second kappa shape index (κ2) is 5.82. The molecule has 94 valence electrons. The topological polar surface area (TPSA) is 52.3 Å². The molecule has 0 aliphatic rings. The van der Waals surface area contributed by atoms with Gasteiger partial charge in [0.1, 0.15) is 5.75 Å². The van der Waals surface area contributed by atoms with E-state index >= 15 is 0 Å². The van der Waals surface area contributed by atoms with Gasteiger partial charge in [0.15, 0.2) is 5.78 Å². The Kier molecular flexibility index (Phi) is 4.70. The molecule has 0 amide bonds. The number of ketones is 1. The minimum absolute atomic E-state index is 0.0796. The van der Waals surface area contributed by atoms with Crippen molar-refractivity contribution in [1.82, 2.24) is 0 Å². The molecular weight excluding hydrogens is 214 g/mol. The number of hydrogen-bond donors (Lipinski definition) is 1. The van der Waals surface area contributed by atoms with Crippen LogP contribution in [0, 0.1) is 12.8 Å². The van der Waals surface area contributed by atoms with Gasteiger partial charge in [0, 0.05) is 18.0 Å². The van der Waals surface area contributed by atoms with Crippen LogP contribution < -0.4 is 10.5 Å². The van der Waals surface area contributed by atoms with Gasteiger partial charge in [-0.2, -0.15) is 0 Å². The summed E-state index contributed by atoms with van der Waals surface area (Å²) in [6.45, 7) is 5.97. The number of carbonyl (C=O) groups is 1. The summed E-state index contributed by atoms with van der Waals surface area (Å²) in [6.07, 6.45) is 0.394. The van der Waals surface area contributed by atoms with Gasteiger partial charge >= 0.3 is 0 Å². The average molecular weight is 235 g/mol. The molecule has 0 fully saturated rings. The van der Waals surface area contributed by atoms with Crippen LogP contribution in [0.1, 0.15) is 36.2 Å². The number of aryl methyl sites for hydroxylation is 1.